The van der Waals surface area contributed by atoms with Gasteiger partial charge >= 0.3 is 0 Å². The van der Waals surface area contributed by atoms with E-state index in [1.165, 1.54) is 12.8 Å². The van der Waals surface area contributed by atoms with Crippen molar-refractivity contribution >= 4 is 5.82 Å². The van der Waals surface area contributed by atoms with Crippen LogP contribution in [-0.4, -0.2) is 29.6 Å². The quantitative estimate of drug-likeness (QED) is 0.798. The number of nitrogens with two attached hydrogens (primary N) is 1. The SMILES string of the molecule is Cc1nc(CCN)cc(N2CCCC2)n1. The van der Waals surface area contributed by atoms with Crippen molar-refractivity contribution in [3.05, 3.63) is 17.6 Å². The van der Waals surface area contributed by atoms with Gasteiger partial charge in [0.15, 0.2) is 0 Å². The van der Waals surface area contributed by atoms with E-state index >= 15 is 0 Å². The first-order valence-corrected chi connectivity index (χ1v) is 5.59. The molecule has 1 fully saturated rings. The van der Waals surface area contributed by atoms with Crippen molar-refractivity contribution in [3.8, 4) is 0 Å². The van der Waals surface area contributed by atoms with Crippen LogP contribution in [0.1, 0.15) is 24.4 Å². The molecule has 2 heterocycles. The van der Waals surface area contributed by atoms with Crippen molar-refractivity contribution in [3.63, 3.8) is 0 Å². The summed E-state index contributed by atoms with van der Waals surface area (Å²) in [6.45, 7) is 4.84. The minimum Gasteiger partial charge on any atom is -0.357 e. The van der Waals surface area contributed by atoms with Crippen LogP contribution in [0.3, 0.4) is 0 Å². The van der Waals surface area contributed by atoms with Crippen LogP contribution in [0.25, 0.3) is 0 Å². The zero-order chi connectivity index (χ0) is 10.7. The zero-order valence-electron chi connectivity index (χ0n) is 9.24. The topological polar surface area (TPSA) is 55.0 Å². The fourth-order valence-corrected chi connectivity index (χ4v) is 2.00. The molecule has 0 spiro atoms. The van der Waals surface area contributed by atoms with Crippen molar-refractivity contribution in [2.75, 3.05) is 24.5 Å². The lowest BCUT2D eigenvalue weighted by molar-refractivity contribution is 0.858. The standard InChI is InChI=1S/C11H18N4/c1-9-13-10(4-5-12)8-11(14-9)15-6-2-3-7-15/h8H,2-7,12H2,1H3. The Kier molecular flexibility index (Phi) is 3.16. The molecule has 0 amide bonds. The van der Waals surface area contributed by atoms with Crippen LogP contribution in [0.2, 0.25) is 0 Å². The number of aromatic nitrogens is 2. The lowest BCUT2D eigenvalue weighted by Gasteiger charge is -2.17. The summed E-state index contributed by atoms with van der Waals surface area (Å²) >= 11 is 0. The molecule has 0 bridgehead atoms. The Hall–Kier alpha value is -1.16. The molecule has 1 aliphatic heterocycles. The largest absolute Gasteiger partial charge is 0.357 e. The highest BCUT2D eigenvalue weighted by atomic mass is 15.2. The highest BCUT2D eigenvalue weighted by molar-refractivity contribution is 5.40. The second-order valence-electron chi connectivity index (χ2n) is 4.00. The van der Waals surface area contributed by atoms with Gasteiger partial charge < -0.3 is 10.6 Å². The van der Waals surface area contributed by atoms with E-state index in [0.717, 1.165) is 36.8 Å². The lowest BCUT2D eigenvalue weighted by atomic mass is 10.3. The van der Waals surface area contributed by atoms with E-state index in [-0.39, 0.29) is 0 Å². The van der Waals surface area contributed by atoms with Gasteiger partial charge in [0.05, 0.1) is 0 Å². The van der Waals surface area contributed by atoms with Crippen LogP contribution in [0.15, 0.2) is 6.07 Å². The Morgan fingerprint density at radius 1 is 1.33 bits per heavy atom. The van der Waals surface area contributed by atoms with Gasteiger partial charge in [0.25, 0.3) is 0 Å². The lowest BCUT2D eigenvalue weighted by Crippen LogP contribution is -2.20. The first kappa shape index (κ1) is 10.4. The first-order valence-electron chi connectivity index (χ1n) is 5.59. The summed E-state index contributed by atoms with van der Waals surface area (Å²) in [5.41, 5.74) is 6.60. The summed E-state index contributed by atoms with van der Waals surface area (Å²) < 4.78 is 0. The highest BCUT2D eigenvalue weighted by Crippen LogP contribution is 2.18. The second kappa shape index (κ2) is 4.57. The molecule has 0 unspecified atom stereocenters. The molecule has 0 atom stereocenters. The third-order valence-corrected chi connectivity index (χ3v) is 2.71. The fourth-order valence-electron chi connectivity index (χ4n) is 2.00. The molecule has 2 rings (SSSR count). The summed E-state index contributed by atoms with van der Waals surface area (Å²) in [5, 5.41) is 0. The van der Waals surface area contributed by atoms with Gasteiger partial charge in [0, 0.05) is 31.3 Å². The normalized spacial score (nSPS) is 16.0. The maximum Gasteiger partial charge on any atom is 0.132 e. The number of nitrogens with zero attached hydrogens (tertiary/aromatic N) is 3. The Morgan fingerprint density at radius 2 is 2.07 bits per heavy atom. The summed E-state index contributed by atoms with van der Waals surface area (Å²) in [6.07, 6.45) is 3.38. The van der Waals surface area contributed by atoms with Gasteiger partial charge in [-0.25, -0.2) is 9.97 Å². The average Bonchev–Trinajstić information content (AvgIpc) is 2.70. The minimum atomic E-state index is 0.649. The molecule has 82 valence electrons. The van der Waals surface area contributed by atoms with Gasteiger partial charge in [-0.3, -0.25) is 0 Å². The molecule has 0 aromatic carbocycles. The van der Waals surface area contributed by atoms with Crippen molar-refractivity contribution in [1.29, 1.82) is 0 Å². The van der Waals surface area contributed by atoms with Gasteiger partial charge in [0.2, 0.25) is 0 Å². The van der Waals surface area contributed by atoms with E-state index in [9.17, 15) is 0 Å². The van der Waals surface area contributed by atoms with E-state index in [2.05, 4.69) is 20.9 Å². The summed E-state index contributed by atoms with van der Waals surface area (Å²) in [7, 11) is 0. The van der Waals surface area contributed by atoms with Crippen LogP contribution in [-0.2, 0) is 6.42 Å². The molecular formula is C11H18N4. The van der Waals surface area contributed by atoms with Gasteiger partial charge in [0.1, 0.15) is 11.6 Å². The minimum absolute atomic E-state index is 0.649. The van der Waals surface area contributed by atoms with E-state index in [1.54, 1.807) is 0 Å². The monoisotopic (exact) mass is 206 g/mol. The number of hydrogen-bond acceptors (Lipinski definition) is 4. The third kappa shape index (κ3) is 2.45. The van der Waals surface area contributed by atoms with Gasteiger partial charge in [-0.05, 0) is 26.3 Å². The highest BCUT2D eigenvalue weighted by Gasteiger charge is 2.14. The first-order chi connectivity index (χ1) is 7.29. The Bertz CT molecular complexity index is 331. The van der Waals surface area contributed by atoms with Crippen LogP contribution in [0.5, 0.6) is 0 Å². The van der Waals surface area contributed by atoms with Crippen molar-refractivity contribution in [2.45, 2.75) is 26.2 Å². The summed E-state index contributed by atoms with van der Waals surface area (Å²) in [5.74, 6) is 1.92. The smallest absolute Gasteiger partial charge is 0.132 e. The average molecular weight is 206 g/mol. The Labute approximate surface area is 90.5 Å². The van der Waals surface area contributed by atoms with Crippen molar-refractivity contribution in [2.24, 2.45) is 5.73 Å². The number of hydrogen-bond donors (Lipinski definition) is 1. The van der Waals surface area contributed by atoms with E-state index in [1.807, 2.05) is 6.92 Å². The molecule has 15 heavy (non-hydrogen) atoms. The zero-order valence-corrected chi connectivity index (χ0v) is 9.24. The Balaban J connectivity index is 2.22. The van der Waals surface area contributed by atoms with E-state index in [0.29, 0.717) is 6.54 Å². The molecule has 0 radical (unpaired) electrons. The molecule has 1 aliphatic rings. The second-order valence-corrected chi connectivity index (χ2v) is 4.00. The summed E-state index contributed by atoms with van der Waals surface area (Å²) in [4.78, 5) is 11.2. The molecule has 1 saturated heterocycles. The van der Waals surface area contributed by atoms with Crippen LogP contribution < -0.4 is 10.6 Å². The molecule has 4 nitrogen and oxygen atoms in total. The summed E-state index contributed by atoms with van der Waals surface area (Å²) in [6, 6.07) is 2.07. The molecular weight excluding hydrogens is 188 g/mol. The fraction of sp³-hybridized carbons (Fsp3) is 0.636. The molecule has 0 aliphatic carbocycles. The maximum atomic E-state index is 5.54. The molecule has 2 N–H and O–H groups in total. The number of aryl methyl sites for hydroxylation is 1. The van der Waals surface area contributed by atoms with Gasteiger partial charge in [-0.15, -0.1) is 0 Å². The molecule has 1 aromatic heterocycles. The molecule has 1 aromatic rings. The predicted octanol–water partition coefficient (Wildman–Crippen LogP) is 0.886. The van der Waals surface area contributed by atoms with E-state index in [4.69, 9.17) is 5.73 Å². The molecule has 4 heteroatoms. The number of anilines is 1. The third-order valence-electron chi connectivity index (χ3n) is 2.71. The maximum absolute atomic E-state index is 5.54. The van der Waals surface area contributed by atoms with Crippen LogP contribution >= 0.6 is 0 Å². The van der Waals surface area contributed by atoms with Gasteiger partial charge in [-0.2, -0.15) is 0 Å². The van der Waals surface area contributed by atoms with Gasteiger partial charge in [-0.1, -0.05) is 0 Å². The predicted molar refractivity (Wildman–Crippen MR) is 61.0 cm³/mol. The number of rotatable bonds is 3. The van der Waals surface area contributed by atoms with Crippen molar-refractivity contribution in [1.82, 2.24) is 9.97 Å². The van der Waals surface area contributed by atoms with Crippen molar-refractivity contribution < 1.29 is 0 Å². The van der Waals surface area contributed by atoms with Crippen LogP contribution in [0.4, 0.5) is 5.82 Å². The Morgan fingerprint density at radius 3 is 2.73 bits per heavy atom. The molecule has 0 saturated carbocycles. The van der Waals surface area contributed by atoms with E-state index < -0.39 is 0 Å². The van der Waals surface area contributed by atoms with Crippen LogP contribution in [0, 0.1) is 6.92 Å².